The van der Waals surface area contributed by atoms with Crippen LogP contribution in [0.4, 0.5) is 8.78 Å². The van der Waals surface area contributed by atoms with Crippen molar-refractivity contribution in [3.8, 4) is 17.3 Å². The Morgan fingerprint density at radius 3 is 2.57 bits per heavy atom. The van der Waals surface area contributed by atoms with Gasteiger partial charge in [-0.1, -0.05) is 0 Å². The summed E-state index contributed by atoms with van der Waals surface area (Å²) >= 11 is 0. The predicted octanol–water partition coefficient (Wildman–Crippen LogP) is 3.91. The number of ether oxygens (including phenoxy) is 2. The van der Waals surface area contributed by atoms with E-state index in [-0.39, 0.29) is 59.7 Å². The monoisotopic (exact) mass is 482 g/mol. The molecule has 1 N–H and O–H groups in total. The second-order valence-electron chi connectivity index (χ2n) is 8.59. The summed E-state index contributed by atoms with van der Waals surface area (Å²) in [4.78, 5) is 36.0. The zero-order valence-corrected chi connectivity index (χ0v) is 19.5. The number of aromatic nitrogens is 3. The molecule has 1 saturated heterocycles. The maximum atomic E-state index is 15.6. The number of nitrogens with one attached hydrogen (secondary N) is 1. The van der Waals surface area contributed by atoms with Crippen LogP contribution in [0, 0.1) is 12.7 Å². The molecule has 10 heteroatoms. The maximum Gasteiger partial charge on any atom is 0.281 e. The zero-order valence-electron chi connectivity index (χ0n) is 19.5. The lowest BCUT2D eigenvalue weighted by Gasteiger charge is -2.29. The van der Waals surface area contributed by atoms with Gasteiger partial charge in [-0.15, -0.1) is 0 Å². The number of halogens is 2. The third kappa shape index (κ3) is 3.78. The van der Waals surface area contributed by atoms with Gasteiger partial charge < -0.3 is 19.4 Å². The SMILES string of the molecule is COc1cc2c(C(=O)N3CCC(F)CC3)cn(-c3ccc4[nH]c(C)cc4c3F)c(=O)c2nc1OC. The minimum atomic E-state index is -0.957. The van der Waals surface area contributed by atoms with Crippen molar-refractivity contribution in [2.75, 3.05) is 27.3 Å². The molecule has 182 valence electrons. The molecule has 0 aliphatic carbocycles. The maximum absolute atomic E-state index is 15.6. The molecular formula is C25H24F2N4O4. The highest BCUT2D eigenvalue weighted by atomic mass is 19.1. The van der Waals surface area contributed by atoms with Gasteiger partial charge in [0.25, 0.3) is 17.3 Å². The second-order valence-corrected chi connectivity index (χ2v) is 8.59. The smallest absolute Gasteiger partial charge is 0.281 e. The number of aryl methyl sites for hydroxylation is 1. The molecule has 0 bridgehead atoms. The van der Waals surface area contributed by atoms with E-state index in [1.807, 2.05) is 6.92 Å². The molecule has 0 radical (unpaired) electrons. The Kier molecular flexibility index (Phi) is 5.66. The van der Waals surface area contributed by atoms with Crippen LogP contribution in [-0.4, -0.2) is 58.8 Å². The number of fused-ring (bicyclic) bond motifs is 2. The van der Waals surface area contributed by atoms with Crippen LogP contribution in [-0.2, 0) is 0 Å². The van der Waals surface area contributed by atoms with Crippen LogP contribution >= 0.6 is 0 Å². The Balaban J connectivity index is 1.78. The van der Waals surface area contributed by atoms with Crippen LogP contribution in [0.15, 0.2) is 35.3 Å². The normalized spacial score (nSPS) is 14.6. The van der Waals surface area contributed by atoms with E-state index >= 15 is 4.39 Å². The van der Waals surface area contributed by atoms with Gasteiger partial charge in [0.1, 0.15) is 11.7 Å². The highest BCUT2D eigenvalue weighted by Crippen LogP contribution is 2.31. The van der Waals surface area contributed by atoms with Crippen molar-refractivity contribution >= 4 is 27.7 Å². The summed E-state index contributed by atoms with van der Waals surface area (Å²) < 4.78 is 40.9. The average molecular weight is 482 g/mol. The van der Waals surface area contributed by atoms with Gasteiger partial charge in [0, 0.05) is 41.3 Å². The Labute approximate surface area is 199 Å². The molecule has 4 aromatic rings. The number of pyridine rings is 2. The minimum absolute atomic E-state index is 0.0171. The third-order valence-electron chi connectivity index (χ3n) is 6.39. The van der Waals surface area contributed by atoms with Crippen molar-refractivity contribution in [2.45, 2.75) is 25.9 Å². The van der Waals surface area contributed by atoms with Crippen molar-refractivity contribution in [2.24, 2.45) is 0 Å². The van der Waals surface area contributed by atoms with Crippen LogP contribution in [0.3, 0.4) is 0 Å². The van der Waals surface area contributed by atoms with Gasteiger partial charge >= 0.3 is 0 Å². The molecule has 4 heterocycles. The Morgan fingerprint density at radius 1 is 1.14 bits per heavy atom. The van der Waals surface area contributed by atoms with Crippen LogP contribution in [0.1, 0.15) is 28.9 Å². The standard InChI is InChI=1S/C25H24F2N4O4/c1-13-10-16-18(28-13)4-5-19(21(16)27)31-12-17(24(32)30-8-6-14(26)7-9-30)15-11-20(34-2)23(35-3)29-22(15)25(31)33/h4-5,10-12,14,28H,6-9H2,1-3H3. The lowest BCUT2D eigenvalue weighted by atomic mass is 10.1. The van der Waals surface area contributed by atoms with E-state index in [1.54, 1.807) is 12.1 Å². The first-order valence-electron chi connectivity index (χ1n) is 11.2. The van der Waals surface area contributed by atoms with Crippen molar-refractivity contribution in [1.29, 1.82) is 0 Å². The number of aromatic amines is 1. The van der Waals surface area contributed by atoms with E-state index in [4.69, 9.17) is 9.47 Å². The first-order valence-corrected chi connectivity index (χ1v) is 11.2. The molecule has 1 amide bonds. The van der Waals surface area contributed by atoms with Gasteiger partial charge in [0.15, 0.2) is 11.6 Å². The molecule has 0 unspecified atom stereocenters. The first-order chi connectivity index (χ1) is 16.8. The second kappa shape index (κ2) is 8.68. The largest absolute Gasteiger partial charge is 0.491 e. The summed E-state index contributed by atoms with van der Waals surface area (Å²) in [5.41, 5.74) is 0.788. The Hall–Kier alpha value is -3.95. The summed E-state index contributed by atoms with van der Waals surface area (Å²) in [5.74, 6) is -0.707. The average Bonchev–Trinajstić information content (AvgIpc) is 3.25. The van der Waals surface area contributed by atoms with Crippen molar-refractivity contribution in [3.05, 3.63) is 57.9 Å². The molecule has 0 atom stereocenters. The lowest BCUT2D eigenvalue weighted by molar-refractivity contribution is 0.0668. The van der Waals surface area contributed by atoms with Gasteiger partial charge in [0.05, 0.1) is 25.5 Å². The number of rotatable bonds is 4. The quantitative estimate of drug-likeness (QED) is 0.477. The molecule has 1 fully saturated rings. The number of piperidine rings is 1. The number of likely N-dealkylation sites (tertiary alicyclic amines) is 1. The van der Waals surface area contributed by atoms with E-state index in [0.29, 0.717) is 10.9 Å². The van der Waals surface area contributed by atoms with Gasteiger partial charge in [-0.05, 0) is 44.0 Å². The number of carbonyl (C=O) groups is 1. The van der Waals surface area contributed by atoms with E-state index < -0.39 is 23.5 Å². The highest BCUT2D eigenvalue weighted by molar-refractivity contribution is 6.06. The summed E-state index contributed by atoms with van der Waals surface area (Å²) in [6, 6.07) is 6.31. The van der Waals surface area contributed by atoms with Crippen molar-refractivity contribution < 1.29 is 23.0 Å². The number of amides is 1. The fourth-order valence-electron chi connectivity index (χ4n) is 4.56. The van der Waals surface area contributed by atoms with E-state index in [9.17, 15) is 14.0 Å². The fourth-order valence-corrected chi connectivity index (χ4v) is 4.56. The summed E-state index contributed by atoms with van der Waals surface area (Å²) in [7, 11) is 2.80. The van der Waals surface area contributed by atoms with Gasteiger partial charge in [-0.3, -0.25) is 14.2 Å². The number of hydrogen-bond donors (Lipinski definition) is 1. The van der Waals surface area contributed by atoms with Gasteiger partial charge in [0.2, 0.25) is 0 Å². The lowest BCUT2D eigenvalue weighted by Crippen LogP contribution is -2.39. The molecule has 0 saturated carbocycles. The van der Waals surface area contributed by atoms with Crippen LogP contribution in [0.25, 0.3) is 27.5 Å². The Bertz CT molecular complexity index is 1520. The number of nitrogens with zero attached hydrogens (tertiary/aromatic N) is 3. The van der Waals surface area contributed by atoms with Crippen molar-refractivity contribution in [3.63, 3.8) is 0 Å². The molecule has 1 aliphatic heterocycles. The first kappa shape index (κ1) is 22.8. The highest BCUT2D eigenvalue weighted by Gasteiger charge is 2.27. The number of methoxy groups -OCH3 is 2. The van der Waals surface area contributed by atoms with E-state index in [2.05, 4.69) is 9.97 Å². The number of benzene rings is 1. The molecule has 35 heavy (non-hydrogen) atoms. The number of carbonyl (C=O) groups excluding carboxylic acids is 1. The van der Waals surface area contributed by atoms with E-state index in [0.717, 1.165) is 10.3 Å². The summed E-state index contributed by atoms with van der Waals surface area (Å²) in [6.07, 6.45) is 0.834. The molecule has 0 spiro atoms. The van der Waals surface area contributed by atoms with E-state index in [1.165, 1.54) is 37.4 Å². The van der Waals surface area contributed by atoms with Crippen LogP contribution in [0.2, 0.25) is 0 Å². The minimum Gasteiger partial charge on any atom is -0.491 e. The zero-order chi connectivity index (χ0) is 24.9. The molecule has 1 aromatic carbocycles. The summed E-state index contributed by atoms with van der Waals surface area (Å²) in [6.45, 7) is 2.29. The molecular weight excluding hydrogens is 458 g/mol. The van der Waals surface area contributed by atoms with Crippen molar-refractivity contribution in [1.82, 2.24) is 19.4 Å². The molecule has 8 nitrogen and oxygen atoms in total. The third-order valence-corrected chi connectivity index (χ3v) is 6.39. The molecule has 1 aliphatic rings. The number of H-pyrrole nitrogens is 1. The molecule has 3 aromatic heterocycles. The van der Waals surface area contributed by atoms with Gasteiger partial charge in [-0.25, -0.2) is 13.8 Å². The predicted molar refractivity (Wildman–Crippen MR) is 127 cm³/mol. The Morgan fingerprint density at radius 2 is 1.89 bits per heavy atom. The van der Waals surface area contributed by atoms with Gasteiger partial charge in [-0.2, -0.15) is 0 Å². The fraction of sp³-hybridized carbons (Fsp3) is 0.320. The van der Waals surface area contributed by atoms with Crippen LogP contribution in [0.5, 0.6) is 11.6 Å². The van der Waals surface area contributed by atoms with Crippen LogP contribution < -0.4 is 15.0 Å². The topological polar surface area (TPSA) is 89.5 Å². The number of hydrogen-bond acceptors (Lipinski definition) is 5. The molecule has 5 rings (SSSR count). The number of alkyl halides is 1. The summed E-state index contributed by atoms with van der Waals surface area (Å²) in [5, 5.41) is 0.570.